The fraction of sp³-hybridized carbons (Fsp3) is 0.696. The molecule has 3 aliphatic rings. The van der Waals surface area contributed by atoms with Crippen molar-refractivity contribution < 1.29 is 14.2 Å². The topological polar surface area (TPSA) is 86.6 Å². The molecule has 3 fully saturated rings. The third-order valence-corrected chi connectivity index (χ3v) is 7.46. The Kier molecular flexibility index (Phi) is 7.44. The Bertz CT molecular complexity index is 886. The number of ether oxygens (including phenoxy) is 3. The van der Waals surface area contributed by atoms with E-state index >= 15 is 0 Å². The summed E-state index contributed by atoms with van der Waals surface area (Å²) >= 11 is 3.38. The van der Waals surface area contributed by atoms with Gasteiger partial charge in [0.15, 0.2) is 0 Å². The lowest BCUT2D eigenvalue weighted by atomic mass is 9.89. The number of morpholine rings is 1. The second kappa shape index (κ2) is 10.7. The standard InChI is InChI=1S/C23H33BrN6O3/c1-31-9-2-10-33-22-21(27-23-25-11-16(24)12-26-23)13-29(28-22)17-3-5-18(6-4-17)30-19-7-8-20(30)15-32-14-19/h11-13,17-20H,2-10,14-15H2,1H3,(H,25,26,27)/t17?,18?,19-,20+. The lowest BCUT2D eigenvalue weighted by molar-refractivity contribution is -0.0458. The van der Waals surface area contributed by atoms with Crippen molar-refractivity contribution in [3.8, 4) is 5.88 Å². The molecule has 10 heteroatoms. The number of anilines is 2. The number of rotatable bonds is 9. The summed E-state index contributed by atoms with van der Waals surface area (Å²) in [4.78, 5) is 11.4. The fourth-order valence-corrected chi connectivity index (χ4v) is 5.71. The maximum absolute atomic E-state index is 6.00. The summed E-state index contributed by atoms with van der Waals surface area (Å²) < 4.78 is 19.8. The summed E-state index contributed by atoms with van der Waals surface area (Å²) in [5.74, 6) is 1.11. The molecule has 5 rings (SSSR count). The SMILES string of the molecule is COCCCOc1nn(C2CCC(N3[C@@H]4CC[C@H]3COC4)CC2)cc1Nc1ncc(Br)cn1. The van der Waals surface area contributed by atoms with E-state index in [1.54, 1.807) is 19.5 Å². The molecule has 0 aromatic carbocycles. The molecule has 0 radical (unpaired) electrons. The van der Waals surface area contributed by atoms with Gasteiger partial charge in [-0.3, -0.25) is 9.58 Å². The van der Waals surface area contributed by atoms with Gasteiger partial charge in [0.2, 0.25) is 5.95 Å². The first-order chi connectivity index (χ1) is 16.2. The molecule has 33 heavy (non-hydrogen) atoms. The Morgan fingerprint density at radius 2 is 1.67 bits per heavy atom. The predicted octanol–water partition coefficient (Wildman–Crippen LogP) is 3.94. The number of hydrogen-bond donors (Lipinski definition) is 1. The molecule has 2 bridgehead atoms. The van der Waals surface area contributed by atoms with Gasteiger partial charge in [-0.1, -0.05) is 0 Å². The van der Waals surface area contributed by atoms with Crippen LogP contribution in [0.3, 0.4) is 0 Å². The summed E-state index contributed by atoms with van der Waals surface area (Å²) in [6, 6.07) is 2.31. The summed E-state index contributed by atoms with van der Waals surface area (Å²) in [5, 5.41) is 8.09. The van der Waals surface area contributed by atoms with Gasteiger partial charge in [-0.15, -0.1) is 5.10 Å². The van der Waals surface area contributed by atoms with Crippen LogP contribution in [0.15, 0.2) is 23.1 Å². The van der Waals surface area contributed by atoms with Crippen LogP contribution in [0.1, 0.15) is 51.0 Å². The Balaban J connectivity index is 1.25. The molecule has 2 aromatic heterocycles. The highest BCUT2D eigenvalue weighted by Crippen LogP contribution is 2.39. The second-order valence-electron chi connectivity index (χ2n) is 9.20. The molecular formula is C23H33BrN6O3. The second-order valence-corrected chi connectivity index (χ2v) is 10.1. The molecular weight excluding hydrogens is 488 g/mol. The summed E-state index contributed by atoms with van der Waals surface area (Å²) in [5.41, 5.74) is 0.795. The molecule has 2 atom stereocenters. The maximum Gasteiger partial charge on any atom is 0.256 e. The van der Waals surface area contributed by atoms with E-state index < -0.39 is 0 Å². The third-order valence-electron chi connectivity index (χ3n) is 7.06. The third kappa shape index (κ3) is 5.34. The van der Waals surface area contributed by atoms with Gasteiger partial charge in [-0.05, 0) is 54.5 Å². The van der Waals surface area contributed by atoms with Gasteiger partial charge in [0.1, 0.15) is 5.69 Å². The van der Waals surface area contributed by atoms with Gasteiger partial charge in [-0.25, -0.2) is 9.97 Å². The largest absolute Gasteiger partial charge is 0.475 e. The molecule has 4 heterocycles. The van der Waals surface area contributed by atoms with Crippen LogP contribution in [0.25, 0.3) is 0 Å². The number of halogens is 1. The van der Waals surface area contributed by atoms with E-state index in [0.717, 1.165) is 42.6 Å². The van der Waals surface area contributed by atoms with Crippen LogP contribution < -0.4 is 10.1 Å². The molecule has 2 aliphatic heterocycles. The normalized spacial score (nSPS) is 27.6. The van der Waals surface area contributed by atoms with Crippen molar-refractivity contribution in [2.24, 2.45) is 0 Å². The minimum atomic E-state index is 0.377. The average molecular weight is 521 g/mol. The fourth-order valence-electron chi connectivity index (χ4n) is 5.50. The first-order valence-corrected chi connectivity index (χ1v) is 12.8. The summed E-state index contributed by atoms with van der Waals surface area (Å²) in [6.07, 6.45) is 13.5. The van der Waals surface area contributed by atoms with E-state index in [1.807, 2.05) is 6.20 Å². The number of nitrogens with one attached hydrogen (secondary N) is 1. The van der Waals surface area contributed by atoms with Crippen LogP contribution in [0.4, 0.5) is 11.6 Å². The van der Waals surface area contributed by atoms with Crippen molar-refractivity contribution in [3.63, 3.8) is 0 Å². The Labute approximate surface area is 203 Å². The number of methoxy groups -OCH3 is 1. The smallest absolute Gasteiger partial charge is 0.256 e. The number of hydrogen-bond acceptors (Lipinski definition) is 8. The van der Waals surface area contributed by atoms with Gasteiger partial charge in [0.05, 0.1) is 36.5 Å². The van der Waals surface area contributed by atoms with Crippen LogP contribution >= 0.6 is 15.9 Å². The van der Waals surface area contributed by atoms with Gasteiger partial charge in [0.25, 0.3) is 5.88 Å². The molecule has 2 aromatic rings. The van der Waals surface area contributed by atoms with Crippen molar-refractivity contribution in [3.05, 3.63) is 23.1 Å². The highest BCUT2D eigenvalue weighted by Gasteiger charge is 2.42. The van der Waals surface area contributed by atoms with Crippen molar-refractivity contribution in [1.82, 2.24) is 24.6 Å². The molecule has 1 N–H and O–H groups in total. The van der Waals surface area contributed by atoms with Crippen LogP contribution in [-0.4, -0.2) is 76.3 Å². The van der Waals surface area contributed by atoms with E-state index in [1.165, 1.54) is 25.7 Å². The van der Waals surface area contributed by atoms with Gasteiger partial charge in [-0.2, -0.15) is 0 Å². The number of aromatic nitrogens is 4. The van der Waals surface area contributed by atoms with Crippen LogP contribution in [-0.2, 0) is 9.47 Å². The van der Waals surface area contributed by atoms with E-state index in [4.69, 9.17) is 19.3 Å². The quantitative estimate of drug-likeness (QED) is 0.497. The molecule has 2 saturated heterocycles. The molecule has 180 valence electrons. The predicted molar refractivity (Wildman–Crippen MR) is 128 cm³/mol. The monoisotopic (exact) mass is 520 g/mol. The number of nitrogens with zero attached hydrogens (tertiary/aromatic N) is 5. The van der Waals surface area contributed by atoms with Crippen molar-refractivity contribution in [2.45, 2.75) is 69.1 Å². The van der Waals surface area contributed by atoms with Crippen molar-refractivity contribution >= 4 is 27.6 Å². The zero-order chi connectivity index (χ0) is 22.6. The highest BCUT2D eigenvalue weighted by molar-refractivity contribution is 9.10. The maximum atomic E-state index is 6.00. The molecule has 0 amide bonds. The summed E-state index contributed by atoms with van der Waals surface area (Å²) in [6.45, 7) is 3.03. The van der Waals surface area contributed by atoms with Crippen LogP contribution in [0.5, 0.6) is 5.88 Å². The molecule has 0 unspecified atom stereocenters. The zero-order valence-electron chi connectivity index (χ0n) is 19.2. The van der Waals surface area contributed by atoms with Crippen molar-refractivity contribution in [1.29, 1.82) is 0 Å². The molecule has 9 nitrogen and oxygen atoms in total. The Morgan fingerprint density at radius 3 is 2.36 bits per heavy atom. The molecule has 1 saturated carbocycles. The highest BCUT2D eigenvalue weighted by atomic mass is 79.9. The van der Waals surface area contributed by atoms with Crippen LogP contribution in [0, 0.1) is 0 Å². The van der Waals surface area contributed by atoms with E-state index in [9.17, 15) is 0 Å². The van der Waals surface area contributed by atoms with E-state index in [-0.39, 0.29) is 0 Å². The van der Waals surface area contributed by atoms with Crippen molar-refractivity contribution in [2.75, 3.05) is 38.9 Å². The summed E-state index contributed by atoms with van der Waals surface area (Å²) in [7, 11) is 1.70. The first kappa shape index (κ1) is 23.0. The molecule has 0 spiro atoms. The zero-order valence-corrected chi connectivity index (χ0v) is 20.7. The minimum Gasteiger partial charge on any atom is -0.475 e. The molecule has 1 aliphatic carbocycles. The average Bonchev–Trinajstić information content (AvgIpc) is 3.35. The minimum absolute atomic E-state index is 0.377. The number of fused-ring (bicyclic) bond motifs is 2. The Hall–Kier alpha value is -1.75. The van der Waals surface area contributed by atoms with Gasteiger partial charge >= 0.3 is 0 Å². The van der Waals surface area contributed by atoms with E-state index in [2.05, 4.69) is 40.8 Å². The first-order valence-electron chi connectivity index (χ1n) is 12.0. The van der Waals surface area contributed by atoms with Crippen LogP contribution in [0.2, 0.25) is 0 Å². The Morgan fingerprint density at radius 1 is 1.00 bits per heavy atom. The lowest BCUT2D eigenvalue weighted by Crippen LogP contribution is -2.52. The van der Waals surface area contributed by atoms with Gasteiger partial charge in [0, 0.05) is 50.7 Å². The lowest BCUT2D eigenvalue weighted by Gasteiger charge is -2.43. The van der Waals surface area contributed by atoms with Gasteiger partial charge < -0.3 is 19.5 Å². The van der Waals surface area contributed by atoms with E-state index in [0.29, 0.717) is 49.2 Å².